The van der Waals surface area contributed by atoms with E-state index in [0.717, 1.165) is 5.56 Å². The molecule has 3 aromatic rings. The van der Waals surface area contributed by atoms with Gasteiger partial charge in [-0.3, -0.25) is 14.2 Å². The van der Waals surface area contributed by atoms with Gasteiger partial charge in [0, 0.05) is 17.3 Å². The Labute approximate surface area is 137 Å². The Kier molecular flexibility index (Phi) is 4.47. The maximum atomic E-state index is 12.8. The van der Waals surface area contributed by atoms with Gasteiger partial charge in [-0.15, -0.1) is 0 Å². The molecule has 1 amide bonds. The van der Waals surface area contributed by atoms with Crippen molar-refractivity contribution >= 4 is 11.6 Å². The second-order valence-electron chi connectivity index (χ2n) is 5.16. The maximum absolute atomic E-state index is 12.8. The van der Waals surface area contributed by atoms with Crippen LogP contribution in [0.2, 0.25) is 0 Å². The lowest BCUT2D eigenvalue weighted by Crippen LogP contribution is -2.27. The lowest BCUT2D eigenvalue weighted by atomic mass is 10.1. The molecule has 1 aromatic heterocycles. The van der Waals surface area contributed by atoms with Crippen LogP contribution < -0.4 is 10.9 Å². The van der Waals surface area contributed by atoms with Crippen LogP contribution in [0.25, 0.3) is 11.3 Å². The molecular formula is C18H14FN3O2. The van der Waals surface area contributed by atoms with E-state index in [9.17, 15) is 14.0 Å². The van der Waals surface area contributed by atoms with Crippen LogP contribution in [-0.2, 0) is 11.3 Å². The van der Waals surface area contributed by atoms with Crippen molar-refractivity contribution in [3.8, 4) is 11.3 Å². The molecule has 0 saturated carbocycles. The molecule has 0 bridgehead atoms. The zero-order valence-corrected chi connectivity index (χ0v) is 12.6. The van der Waals surface area contributed by atoms with E-state index in [1.807, 2.05) is 30.3 Å². The van der Waals surface area contributed by atoms with Crippen molar-refractivity contribution < 1.29 is 9.18 Å². The summed E-state index contributed by atoms with van der Waals surface area (Å²) < 4.78 is 14.0. The topological polar surface area (TPSA) is 64.0 Å². The normalized spacial score (nSPS) is 10.4. The number of amides is 1. The molecule has 0 spiro atoms. The van der Waals surface area contributed by atoms with Crippen molar-refractivity contribution in [2.75, 3.05) is 5.32 Å². The second kappa shape index (κ2) is 6.87. The van der Waals surface area contributed by atoms with Crippen molar-refractivity contribution in [2.24, 2.45) is 0 Å². The fraction of sp³-hybridized carbons (Fsp3) is 0.0556. The van der Waals surface area contributed by atoms with Gasteiger partial charge in [-0.05, 0) is 24.3 Å². The molecule has 0 unspecified atom stereocenters. The van der Waals surface area contributed by atoms with Gasteiger partial charge in [-0.1, -0.05) is 30.3 Å². The first-order chi connectivity index (χ1) is 11.6. The fourth-order valence-electron chi connectivity index (χ4n) is 2.20. The molecule has 6 heteroatoms. The molecule has 24 heavy (non-hydrogen) atoms. The first kappa shape index (κ1) is 15.6. The number of anilines is 1. The fourth-order valence-corrected chi connectivity index (χ4v) is 2.20. The van der Waals surface area contributed by atoms with Crippen molar-refractivity contribution in [2.45, 2.75) is 6.54 Å². The predicted octanol–water partition coefficient (Wildman–Crippen LogP) is 2.69. The van der Waals surface area contributed by atoms with Crippen LogP contribution in [0.5, 0.6) is 0 Å². The molecule has 0 aliphatic heterocycles. The number of aromatic nitrogens is 2. The Morgan fingerprint density at radius 3 is 2.46 bits per heavy atom. The lowest BCUT2D eigenvalue weighted by molar-refractivity contribution is -0.116. The quantitative estimate of drug-likeness (QED) is 0.803. The predicted molar refractivity (Wildman–Crippen MR) is 89.0 cm³/mol. The molecule has 3 rings (SSSR count). The van der Waals surface area contributed by atoms with Crippen LogP contribution in [0.1, 0.15) is 0 Å². The largest absolute Gasteiger partial charge is 0.325 e. The summed E-state index contributed by atoms with van der Waals surface area (Å²) in [6, 6.07) is 16.1. The molecule has 0 fully saturated rings. The van der Waals surface area contributed by atoms with E-state index < -0.39 is 5.91 Å². The number of nitrogens with one attached hydrogen (secondary N) is 1. The first-order valence-electron chi connectivity index (χ1n) is 7.29. The van der Waals surface area contributed by atoms with E-state index in [4.69, 9.17) is 0 Å². The molecule has 0 aliphatic rings. The minimum Gasteiger partial charge on any atom is -0.325 e. The standard InChI is InChI=1S/C18H14FN3O2/c19-14-6-8-15(9-7-14)21-17(23)11-22-12-20-16(10-18(22)24)13-4-2-1-3-5-13/h1-10,12H,11H2,(H,21,23). The number of hydrogen-bond acceptors (Lipinski definition) is 3. The summed E-state index contributed by atoms with van der Waals surface area (Å²) >= 11 is 0. The van der Waals surface area contributed by atoms with E-state index in [1.165, 1.54) is 41.2 Å². The summed E-state index contributed by atoms with van der Waals surface area (Å²) in [7, 11) is 0. The van der Waals surface area contributed by atoms with Gasteiger partial charge in [0.1, 0.15) is 12.4 Å². The van der Waals surface area contributed by atoms with Gasteiger partial charge in [-0.2, -0.15) is 0 Å². The summed E-state index contributed by atoms with van der Waals surface area (Å²) in [6.07, 6.45) is 1.34. The zero-order valence-electron chi connectivity index (χ0n) is 12.6. The third-order valence-electron chi connectivity index (χ3n) is 3.39. The Morgan fingerprint density at radius 2 is 1.79 bits per heavy atom. The smallest absolute Gasteiger partial charge is 0.254 e. The van der Waals surface area contributed by atoms with Crippen LogP contribution >= 0.6 is 0 Å². The molecule has 1 N–H and O–H groups in total. The van der Waals surface area contributed by atoms with Gasteiger partial charge in [0.15, 0.2) is 0 Å². The highest BCUT2D eigenvalue weighted by atomic mass is 19.1. The van der Waals surface area contributed by atoms with Crippen molar-refractivity contribution in [1.29, 1.82) is 0 Å². The van der Waals surface area contributed by atoms with Crippen molar-refractivity contribution in [1.82, 2.24) is 9.55 Å². The van der Waals surface area contributed by atoms with E-state index in [2.05, 4.69) is 10.3 Å². The Morgan fingerprint density at radius 1 is 1.08 bits per heavy atom. The van der Waals surface area contributed by atoms with E-state index >= 15 is 0 Å². The van der Waals surface area contributed by atoms with Crippen molar-refractivity contribution in [3.05, 3.63) is 83.2 Å². The van der Waals surface area contributed by atoms with Gasteiger partial charge >= 0.3 is 0 Å². The highest BCUT2D eigenvalue weighted by Crippen LogP contribution is 2.13. The van der Waals surface area contributed by atoms with E-state index in [-0.39, 0.29) is 17.9 Å². The van der Waals surface area contributed by atoms with Crippen molar-refractivity contribution in [3.63, 3.8) is 0 Å². The molecule has 2 aromatic carbocycles. The van der Waals surface area contributed by atoms with Crippen LogP contribution in [0.4, 0.5) is 10.1 Å². The summed E-state index contributed by atoms with van der Waals surface area (Å²) in [5.41, 5.74) is 1.52. The Bertz CT molecular complexity index is 906. The van der Waals surface area contributed by atoms with E-state index in [0.29, 0.717) is 11.4 Å². The van der Waals surface area contributed by atoms with Gasteiger partial charge in [-0.25, -0.2) is 9.37 Å². The molecule has 1 heterocycles. The average Bonchev–Trinajstić information content (AvgIpc) is 2.59. The maximum Gasteiger partial charge on any atom is 0.254 e. The summed E-state index contributed by atoms with van der Waals surface area (Å²) in [5, 5.41) is 2.60. The number of benzene rings is 2. The molecule has 5 nitrogen and oxygen atoms in total. The Hall–Kier alpha value is -3.28. The number of carbonyl (C=O) groups excluding carboxylic acids is 1. The van der Waals surface area contributed by atoms with Crippen LogP contribution in [0, 0.1) is 5.82 Å². The van der Waals surface area contributed by atoms with Crippen LogP contribution in [0.15, 0.2) is 71.8 Å². The molecule has 0 radical (unpaired) electrons. The Balaban J connectivity index is 1.72. The minimum atomic E-state index is -0.391. The second-order valence-corrected chi connectivity index (χ2v) is 5.16. The molecule has 0 saturated heterocycles. The van der Waals surface area contributed by atoms with Gasteiger partial charge in [0.25, 0.3) is 5.56 Å². The van der Waals surface area contributed by atoms with E-state index in [1.54, 1.807) is 0 Å². The number of carbonyl (C=O) groups is 1. The van der Waals surface area contributed by atoms with Crippen LogP contribution in [-0.4, -0.2) is 15.5 Å². The third-order valence-corrected chi connectivity index (χ3v) is 3.39. The highest BCUT2D eigenvalue weighted by molar-refractivity contribution is 5.90. The monoisotopic (exact) mass is 323 g/mol. The average molecular weight is 323 g/mol. The SMILES string of the molecule is O=C(Cn1cnc(-c2ccccc2)cc1=O)Nc1ccc(F)cc1. The number of nitrogens with zero attached hydrogens (tertiary/aromatic N) is 2. The molecule has 0 atom stereocenters. The first-order valence-corrected chi connectivity index (χ1v) is 7.29. The lowest BCUT2D eigenvalue weighted by Gasteiger charge is -2.08. The molecule has 120 valence electrons. The minimum absolute atomic E-state index is 0.168. The van der Waals surface area contributed by atoms with Crippen LogP contribution in [0.3, 0.4) is 0 Å². The number of rotatable bonds is 4. The third kappa shape index (κ3) is 3.73. The number of halogens is 1. The summed E-state index contributed by atoms with van der Waals surface area (Å²) in [5.74, 6) is -0.775. The number of hydrogen-bond donors (Lipinski definition) is 1. The van der Waals surface area contributed by atoms with Gasteiger partial charge in [0.05, 0.1) is 12.0 Å². The summed E-state index contributed by atoms with van der Waals surface area (Å²) in [4.78, 5) is 28.3. The zero-order chi connectivity index (χ0) is 16.9. The molecule has 0 aliphatic carbocycles. The molecular weight excluding hydrogens is 309 g/mol. The van der Waals surface area contributed by atoms with Gasteiger partial charge in [0.2, 0.25) is 5.91 Å². The summed E-state index contributed by atoms with van der Waals surface area (Å²) in [6.45, 7) is -0.168. The highest BCUT2D eigenvalue weighted by Gasteiger charge is 2.07. The van der Waals surface area contributed by atoms with Gasteiger partial charge < -0.3 is 5.32 Å².